The number of para-hydroxylation sites is 1. The van der Waals surface area contributed by atoms with Gasteiger partial charge in [0.05, 0.1) is 23.9 Å². The Morgan fingerprint density at radius 2 is 1.66 bits per heavy atom. The molecule has 0 saturated carbocycles. The van der Waals surface area contributed by atoms with Crippen molar-refractivity contribution in [2.45, 2.75) is 71.8 Å². The number of aliphatic hydroxyl groups excluding tert-OH is 1. The zero-order valence-corrected chi connectivity index (χ0v) is 24.3. The predicted octanol–water partition coefficient (Wildman–Crippen LogP) is 6.43. The van der Waals surface area contributed by atoms with Gasteiger partial charge in [-0.1, -0.05) is 18.2 Å². The quantitative estimate of drug-likeness (QED) is 0.357. The first-order valence-electron chi connectivity index (χ1n) is 13.5. The average molecular weight is 570 g/mol. The molecule has 1 saturated heterocycles. The molecule has 1 aliphatic heterocycles. The van der Waals surface area contributed by atoms with Gasteiger partial charge >= 0.3 is 6.09 Å². The van der Waals surface area contributed by atoms with Crippen LogP contribution in [0.2, 0.25) is 0 Å². The summed E-state index contributed by atoms with van der Waals surface area (Å²) in [6, 6.07) is 9.77. The molecule has 0 aliphatic carbocycles. The third-order valence-electron chi connectivity index (χ3n) is 6.52. The van der Waals surface area contributed by atoms with Crippen LogP contribution in [-0.2, 0) is 11.3 Å². The molecule has 0 spiro atoms. The minimum atomic E-state index is -0.822. The number of aliphatic hydroxyl groups is 1. The summed E-state index contributed by atoms with van der Waals surface area (Å²) in [7, 11) is 0. The summed E-state index contributed by atoms with van der Waals surface area (Å²) in [5.74, 6) is -2.29. The summed E-state index contributed by atoms with van der Waals surface area (Å²) in [5.41, 5.74) is 0.776. The molecule has 2 N–H and O–H groups in total. The van der Waals surface area contributed by atoms with Crippen molar-refractivity contribution in [2.24, 2.45) is 0 Å². The second kappa shape index (κ2) is 11.5. The lowest BCUT2D eigenvalue weighted by Crippen LogP contribution is -2.41. The zero-order valence-electron chi connectivity index (χ0n) is 24.3. The van der Waals surface area contributed by atoms with Crippen molar-refractivity contribution in [3.8, 4) is 22.6 Å². The van der Waals surface area contributed by atoms with E-state index >= 15 is 0 Å². The second-order valence-electron chi connectivity index (χ2n) is 12.2. The molecular formula is C31H37F2N3O5. The molecule has 41 heavy (non-hydrogen) atoms. The number of carbonyl (C=O) groups excluding carboxylic acids is 2. The Labute approximate surface area is 238 Å². The summed E-state index contributed by atoms with van der Waals surface area (Å²) < 4.78 is 41.0. The van der Waals surface area contributed by atoms with E-state index in [1.165, 1.54) is 6.07 Å². The highest BCUT2D eigenvalue weighted by Crippen LogP contribution is 2.36. The molecule has 8 nitrogen and oxygen atoms in total. The number of hydrogen-bond acceptors (Lipinski definition) is 5. The maximum atomic E-state index is 14.1. The van der Waals surface area contributed by atoms with Crippen LogP contribution >= 0.6 is 0 Å². The Hall–Kier alpha value is -3.92. The van der Waals surface area contributed by atoms with E-state index in [1.807, 2.05) is 46.1 Å². The van der Waals surface area contributed by atoms with Crippen LogP contribution < -0.4 is 10.1 Å². The van der Waals surface area contributed by atoms with Gasteiger partial charge < -0.3 is 29.4 Å². The Balaban J connectivity index is 1.69. The summed E-state index contributed by atoms with van der Waals surface area (Å²) in [4.78, 5) is 27.8. The number of nitrogens with zero attached hydrogens (tertiary/aromatic N) is 2. The fraction of sp³-hybridized carbons (Fsp3) is 0.419. The summed E-state index contributed by atoms with van der Waals surface area (Å²) in [5, 5.41) is 13.4. The lowest BCUT2D eigenvalue weighted by atomic mass is 10.0. The van der Waals surface area contributed by atoms with Crippen molar-refractivity contribution < 1.29 is 33.0 Å². The molecule has 220 valence electrons. The first kappa shape index (κ1) is 30.0. The molecule has 10 heteroatoms. The largest absolute Gasteiger partial charge is 0.451 e. The van der Waals surface area contributed by atoms with Gasteiger partial charge in [-0.15, -0.1) is 0 Å². The maximum absolute atomic E-state index is 14.1. The van der Waals surface area contributed by atoms with Gasteiger partial charge in [0.1, 0.15) is 11.4 Å². The van der Waals surface area contributed by atoms with Crippen LogP contribution in [0.1, 0.15) is 70.1 Å². The first-order valence-corrected chi connectivity index (χ1v) is 13.5. The van der Waals surface area contributed by atoms with Gasteiger partial charge in [-0.3, -0.25) is 4.79 Å². The first-order chi connectivity index (χ1) is 19.2. The molecule has 0 bridgehead atoms. The van der Waals surface area contributed by atoms with Crippen molar-refractivity contribution in [1.82, 2.24) is 14.8 Å². The van der Waals surface area contributed by atoms with Crippen LogP contribution in [0.3, 0.4) is 0 Å². The minimum absolute atomic E-state index is 0.189. The van der Waals surface area contributed by atoms with E-state index in [1.54, 1.807) is 35.4 Å². The molecule has 3 aromatic rings. The van der Waals surface area contributed by atoms with Gasteiger partial charge in [-0.05, 0) is 77.8 Å². The van der Waals surface area contributed by atoms with Crippen LogP contribution in [-0.4, -0.2) is 50.8 Å². The van der Waals surface area contributed by atoms with Crippen LogP contribution in [0.5, 0.6) is 11.5 Å². The average Bonchev–Trinajstić information content (AvgIpc) is 3.50. The lowest BCUT2D eigenvalue weighted by molar-refractivity contribution is 0.0288. The lowest BCUT2D eigenvalue weighted by Gasteiger charge is -2.25. The van der Waals surface area contributed by atoms with E-state index in [-0.39, 0.29) is 17.7 Å². The van der Waals surface area contributed by atoms with Gasteiger partial charge in [-0.25, -0.2) is 13.6 Å². The van der Waals surface area contributed by atoms with Crippen molar-refractivity contribution in [2.75, 3.05) is 13.1 Å². The number of rotatable bonds is 6. The monoisotopic (exact) mass is 569 g/mol. The van der Waals surface area contributed by atoms with Crippen molar-refractivity contribution in [3.63, 3.8) is 0 Å². The van der Waals surface area contributed by atoms with Gasteiger partial charge in [0, 0.05) is 30.4 Å². The second-order valence-corrected chi connectivity index (χ2v) is 12.2. The number of nitrogens with one attached hydrogen (secondary N) is 1. The number of halogens is 2. The molecule has 1 fully saturated rings. The van der Waals surface area contributed by atoms with Gasteiger partial charge in [-0.2, -0.15) is 0 Å². The number of benzene rings is 2. The predicted molar refractivity (Wildman–Crippen MR) is 151 cm³/mol. The molecule has 1 aliphatic rings. The molecule has 1 atom stereocenters. The van der Waals surface area contributed by atoms with Crippen molar-refractivity contribution in [1.29, 1.82) is 0 Å². The third-order valence-corrected chi connectivity index (χ3v) is 6.52. The van der Waals surface area contributed by atoms with E-state index in [4.69, 9.17) is 9.47 Å². The summed E-state index contributed by atoms with van der Waals surface area (Å²) >= 11 is 0. The van der Waals surface area contributed by atoms with Crippen LogP contribution in [0.4, 0.5) is 13.6 Å². The van der Waals surface area contributed by atoms with E-state index in [0.717, 1.165) is 12.1 Å². The highest BCUT2D eigenvalue weighted by atomic mass is 19.1. The number of carbonyl (C=O) groups is 2. The van der Waals surface area contributed by atoms with E-state index in [2.05, 4.69) is 5.32 Å². The van der Waals surface area contributed by atoms with E-state index < -0.39 is 41.2 Å². The van der Waals surface area contributed by atoms with Gasteiger partial charge in [0.15, 0.2) is 17.4 Å². The highest BCUT2D eigenvalue weighted by Gasteiger charge is 2.34. The Bertz CT molecular complexity index is 1400. The highest BCUT2D eigenvalue weighted by molar-refractivity contribution is 6.02. The van der Waals surface area contributed by atoms with Crippen LogP contribution in [0.15, 0.2) is 48.7 Å². The molecule has 0 unspecified atom stereocenters. The van der Waals surface area contributed by atoms with Crippen molar-refractivity contribution in [3.05, 3.63) is 71.6 Å². The van der Waals surface area contributed by atoms with Crippen LogP contribution in [0.25, 0.3) is 11.1 Å². The summed E-state index contributed by atoms with van der Waals surface area (Å²) in [6.07, 6.45) is 2.01. The third kappa shape index (κ3) is 7.05. The summed E-state index contributed by atoms with van der Waals surface area (Å²) in [6.45, 7) is 11.5. The molecule has 4 rings (SSSR count). The number of ether oxygens (including phenoxy) is 2. The molecule has 1 aromatic heterocycles. The fourth-order valence-corrected chi connectivity index (χ4v) is 4.79. The van der Waals surface area contributed by atoms with E-state index in [0.29, 0.717) is 41.9 Å². The molecule has 2 heterocycles. The Kier molecular flexibility index (Phi) is 8.44. The Morgan fingerprint density at radius 1 is 1.02 bits per heavy atom. The zero-order chi connectivity index (χ0) is 30.1. The number of amides is 2. The minimum Gasteiger partial charge on any atom is -0.451 e. The van der Waals surface area contributed by atoms with Gasteiger partial charge in [0.25, 0.3) is 5.91 Å². The number of likely N-dealkylation sites (tertiary alicyclic amines) is 1. The molecule has 2 aromatic carbocycles. The van der Waals surface area contributed by atoms with Crippen molar-refractivity contribution >= 4 is 12.0 Å². The number of aromatic nitrogens is 1. The smallest absolute Gasteiger partial charge is 0.410 e. The fourth-order valence-electron chi connectivity index (χ4n) is 4.79. The standard InChI is InChI=1S/C31H37F2N3O5/c1-30(2,3)34-28(38)26-22(19-10-12-21(13-11-19)40-27-23(32)8-7-9-24(27)33)17-36(25(26)18-37)20-14-15-35(16-20)29(39)41-31(4,5)6/h7-13,17,20,37H,14-16,18H2,1-6H3,(H,34,38)/t20-/m1/s1. The normalized spacial score (nSPS) is 15.6. The van der Waals surface area contributed by atoms with E-state index in [9.17, 15) is 23.5 Å². The maximum Gasteiger partial charge on any atom is 0.410 e. The molecule has 0 radical (unpaired) electrons. The van der Waals surface area contributed by atoms with Crippen LogP contribution in [0, 0.1) is 11.6 Å². The Morgan fingerprint density at radius 3 is 2.22 bits per heavy atom. The molecular weight excluding hydrogens is 532 g/mol. The topological polar surface area (TPSA) is 93.0 Å². The molecule has 2 amide bonds. The number of hydrogen-bond donors (Lipinski definition) is 2. The van der Waals surface area contributed by atoms with Gasteiger partial charge in [0.2, 0.25) is 0 Å². The SMILES string of the molecule is CC(C)(C)NC(=O)c1c(-c2ccc(Oc3c(F)cccc3F)cc2)cn([C@@H]2CCN(C(=O)OC(C)(C)C)C2)c1CO.